The lowest BCUT2D eigenvalue weighted by Crippen LogP contribution is -2.14. The Balaban J connectivity index is 1.15. The van der Waals surface area contributed by atoms with Gasteiger partial charge < -0.3 is 0 Å². The Morgan fingerprint density at radius 3 is 1.81 bits per heavy atom. The van der Waals surface area contributed by atoms with Crippen molar-refractivity contribution >= 4 is 53.2 Å². The lowest BCUT2D eigenvalue weighted by atomic mass is 9.82. The van der Waals surface area contributed by atoms with E-state index >= 15 is 0 Å². The molecule has 3 heterocycles. The average Bonchev–Trinajstić information content (AvgIpc) is 3.72. The van der Waals surface area contributed by atoms with Crippen LogP contribution in [0.2, 0.25) is 0 Å². The van der Waals surface area contributed by atoms with E-state index in [0.29, 0.717) is 17.5 Å². The summed E-state index contributed by atoms with van der Waals surface area (Å²) >= 11 is 1.84. The summed E-state index contributed by atoms with van der Waals surface area (Å²) < 4.78 is 2.56. The minimum Gasteiger partial charge on any atom is -0.247 e. The maximum atomic E-state index is 5.40. The van der Waals surface area contributed by atoms with Crippen LogP contribution < -0.4 is 0 Å². The zero-order valence-electron chi connectivity index (χ0n) is 29.7. The predicted octanol–water partition coefficient (Wildman–Crippen LogP) is 12.9. The second-order valence-electron chi connectivity index (χ2n) is 14.6. The molecule has 7 aromatic carbocycles. The van der Waals surface area contributed by atoms with E-state index in [1.807, 2.05) is 29.5 Å². The average molecular weight is 709 g/mol. The molecule has 0 unspecified atom stereocenters. The van der Waals surface area contributed by atoms with Crippen LogP contribution in [0.5, 0.6) is 0 Å². The molecule has 0 aliphatic heterocycles. The van der Waals surface area contributed by atoms with Gasteiger partial charge in [0.1, 0.15) is 0 Å². The first-order valence-electron chi connectivity index (χ1n) is 18.3. The molecule has 11 rings (SSSR count). The van der Waals surface area contributed by atoms with Gasteiger partial charge in [-0.3, -0.25) is 0 Å². The van der Waals surface area contributed by atoms with E-state index in [9.17, 15) is 0 Å². The van der Waals surface area contributed by atoms with Crippen LogP contribution in [0.15, 0.2) is 158 Å². The normalized spacial score (nSPS) is 13.1. The monoisotopic (exact) mass is 708 g/mol. The van der Waals surface area contributed by atoms with Crippen LogP contribution in [0.25, 0.3) is 98.4 Å². The molecule has 0 N–H and O–H groups in total. The molecule has 3 aromatic heterocycles. The number of hydrogen-bond acceptors (Lipinski definition) is 5. The van der Waals surface area contributed by atoms with Gasteiger partial charge in [0, 0.05) is 64.0 Å². The van der Waals surface area contributed by atoms with Crippen LogP contribution in [0, 0.1) is 0 Å². The first kappa shape index (κ1) is 31.0. The number of fused-ring (bicyclic) bond motifs is 10. The molecule has 0 atom stereocenters. The highest BCUT2D eigenvalue weighted by Crippen LogP contribution is 2.49. The third-order valence-electron chi connectivity index (χ3n) is 11.1. The predicted molar refractivity (Wildman–Crippen MR) is 225 cm³/mol. The topological polar surface area (TPSA) is 51.6 Å². The lowest BCUT2D eigenvalue weighted by Gasteiger charge is -2.21. The molecule has 0 radical (unpaired) electrons. The number of pyridine rings is 1. The van der Waals surface area contributed by atoms with Crippen LogP contribution >= 0.6 is 11.3 Å². The largest absolute Gasteiger partial charge is 0.247 e. The number of hydrogen-bond donors (Lipinski definition) is 0. The van der Waals surface area contributed by atoms with Crippen molar-refractivity contribution < 1.29 is 0 Å². The van der Waals surface area contributed by atoms with E-state index in [0.717, 1.165) is 44.2 Å². The maximum Gasteiger partial charge on any atom is 0.164 e. The van der Waals surface area contributed by atoms with Crippen molar-refractivity contribution in [1.29, 1.82) is 0 Å². The Labute approximate surface area is 316 Å². The molecule has 0 spiro atoms. The van der Waals surface area contributed by atoms with Gasteiger partial charge in [0.25, 0.3) is 0 Å². The highest BCUT2D eigenvalue weighted by Gasteiger charge is 2.35. The molecule has 0 bridgehead atoms. The van der Waals surface area contributed by atoms with Gasteiger partial charge in [-0.05, 0) is 46.5 Å². The molecule has 1 aliphatic carbocycles. The Morgan fingerprint density at radius 2 is 1.02 bits per heavy atom. The summed E-state index contributed by atoms with van der Waals surface area (Å²) in [5.74, 6) is 1.90. The molecule has 5 heteroatoms. The smallest absolute Gasteiger partial charge is 0.164 e. The van der Waals surface area contributed by atoms with E-state index in [-0.39, 0.29) is 5.41 Å². The van der Waals surface area contributed by atoms with Crippen LogP contribution in [0.1, 0.15) is 25.0 Å². The molecule has 254 valence electrons. The van der Waals surface area contributed by atoms with Crippen molar-refractivity contribution in [3.8, 4) is 56.5 Å². The van der Waals surface area contributed by atoms with Crippen molar-refractivity contribution in [2.24, 2.45) is 0 Å². The number of nitrogens with zero attached hydrogens (tertiary/aromatic N) is 4. The van der Waals surface area contributed by atoms with Crippen LogP contribution in [0.4, 0.5) is 0 Å². The van der Waals surface area contributed by atoms with Gasteiger partial charge in [0.2, 0.25) is 0 Å². The highest BCUT2D eigenvalue weighted by atomic mass is 32.1. The molecule has 1 aliphatic rings. The summed E-state index contributed by atoms with van der Waals surface area (Å²) in [6, 6.07) is 55.8. The van der Waals surface area contributed by atoms with Gasteiger partial charge in [-0.25, -0.2) is 19.9 Å². The molecule has 0 fully saturated rings. The van der Waals surface area contributed by atoms with Crippen molar-refractivity contribution in [3.63, 3.8) is 0 Å². The number of aromatic nitrogens is 4. The zero-order chi connectivity index (χ0) is 36.0. The quantitative estimate of drug-likeness (QED) is 0.171. The lowest BCUT2D eigenvalue weighted by molar-refractivity contribution is 0.660. The summed E-state index contributed by atoms with van der Waals surface area (Å²) in [7, 11) is 0. The van der Waals surface area contributed by atoms with Crippen molar-refractivity contribution in [2.75, 3.05) is 0 Å². The summed E-state index contributed by atoms with van der Waals surface area (Å²) in [5, 5.41) is 6.03. The van der Waals surface area contributed by atoms with Crippen molar-refractivity contribution in [1.82, 2.24) is 19.9 Å². The van der Waals surface area contributed by atoms with Gasteiger partial charge in [-0.2, -0.15) is 0 Å². The number of rotatable bonds is 4. The van der Waals surface area contributed by atoms with Gasteiger partial charge in [0.15, 0.2) is 17.5 Å². The molecule has 0 saturated carbocycles. The summed E-state index contributed by atoms with van der Waals surface area (Å²) in [4.78, 5) is 20.8. The third-order valence-corrected chi connectivity index (χ3v) is 12.2. The second-order valence-corrected chi connectivity index (χ2v) is 15.7. The third kappa shape index (κ3) is 4.68. The molecule has 4 nitrogen and oxygen atoms in total. The van der Waals surface area contributed by atoms with E-state index in [4.69, 9.17) is 19.9 Å². The van der Waals surface area contributed by atoms with Crippen LogP contribution in [-0.2, 0) is 5.41 Å². The fourth-order valence-electron chi connectivity index (χ4n) is 8.47. The fourth-order valence-corrected chi connectivity index (χ4v) is 9.59. The van der Waals surface area contributed by atoms with Crippen LogP contribution in [0.3, 0.4) is 0 Å². The van der Waals surface area contributed by atoms with Gasteiger partial charge in [-0.15, -0.1) is 11.3 Å². The Kier molecular flexibility index (Phi) is 6.73. The molecular weight excluding hydrogens is 677 g/mol. The summed E-state index contributed by atoms with van der Waals surface area (Å²) in [6.45, 7) is 4.61. The first-order valence-corrected chi connectivity index (χ1v) is 19.1. The molecule has 10 aromatic rings. The maximum absolute atomic E-state index is 5.40. The standard InChI is InChI=1S/C49H32N4S/c1-49(2)38-19-11-9-17-33(38)37-27-31(22-25-39(37)49)47-51-46(30-15-7-4-8-16-30)52-48(53-47)32-21-23-34-40(28-32)50-45(29-13-5-3-6-14-29)36-24-26-42-44(43(34)36)35-18-10-12-20-41(35)54-42/h3-28H,1-2H3. The Bertz CT molecular complexity index is 3130. The zero-order valence-corrected chi connectivity index (χ0v) is 30.5. The molecule has 54 heavy (non-hydrogen) atoms. The number of benzene rings is 7. The van der Waals surface area contributed by atoms with E-state index in [1.165, 1.54) is 47.8 Å². The Morgan fingerprint density at radius 1 is 0.407 bits per heavy atom. The minimum absolute atomic E-state index is 0.0777. The minimum atomic E-state index is -0.0777. The van der Waals surface area contributed by atoms with Gasteiger partial charge in [0.05, 0.1) is 11.2 Å². The molecule has 0 amide bonds. The SMILES string of the molecule is CC1(C)c2ccccc2-c2cc(-c3nc(-c4ccccc4)nc(-c4ccc5c(c4)nc(-c4ccccc4)c4ccc6sc7ccccc7c6c45)n3)ccc21. The first-order chi connectivity index (χ1) is 26.5. The highest BCUT2D eigenvalue weighted by molar-refractivity contribution is 7.26. The van der Waals surface area contributed by atoms with Gasteiger partial charge in [-0.1, -0.05) is 147 Å². The second kappa shape index (κ2) is 11.7. The molecule has 0 saturated heterocycles. The summed E-state index contributed by atoms with van der Waals surface area (Å²) in [6.07, 6.45) is 0. The van der Waals surface area contributed by atoms with Crippen LogP contribution in [-0.4, -0.2) is 19.9 Å². The number of thiophene rings is 1. The van der Waals surface area contributed by atoms with E-state index < -0.39 is 0 Å². The fraction of sp³-hybridized carbons (Fsp3) is 0.0612. The Hall–Kier alpha value is -6.56. The van der Waals surface area contributed by atoms with E-state index in [1.54, 1.807) is 0 Å². The van der Waals surface area contributed by atoms with Gasteiger partial charge >= 0.3 is 0 Å². The molecular formula is C49H32N4S. The van der Waals surface area contributed by atoms with E-state index in [2.05, 4.69) is 153 Å². The van der Waals surface area contributed by atoms with Crippen molar-refractivity contribution in [2.45, 2.75) is 19.3 Å². The summed E-state index contributed by atoms with van der Waals surface area (Å²) in [5.41, 5.74) is 10.8. The van der Waals surface area contributed by atoms with Crippen molar-refractivity contribution in [3.05, 3.63) is 169 Å².